The molecule has 0 saturated carbocycles. The first-order chi connectivity index (χ1) is 9.75. The molecule has 7 heteroatoms. The lowest BCUT2D eigenvalue weighted by Gasteiger charge is -2.26. The van der Waals surface area contributed by atoms with Gasteiger partial charge < -0.3 is 15.2 Å². The van der Waals surface area contributed by atoms with Gasteiger partial charge in [0, 0.05) is 23.2 Å². The summed E-state index contributed by atoms with van der Waals surface area (Å²) in [6.07, 6.45) is 0. The number of nitrogen functional groups attached to an aromatic ring is 1. The molecule has 3 rings (SSSR count). The third-order valence-corrected chi connectivity index (χ3v) is 4.33. The second-order valence-corrected chi connectivity index (χ2v) is 5.87. The Kier molecular flexibility index (Phi) is 4.27. The molecule has 3 N–H and O–H groups in total. The topological polar surface area (TPSA) is 76.4 Å². The third-order valence-electron chi connectivity index (χ3n) is 3.43. The van der Waals surface area contributed by atoms with Crippen LogP contribution in [-0.4, -0.2) is 54.6 Å². The number of ether oxygens (including phenoxy) is 2. The monoisotopic (exact) mass is 388 g/mol. The van der Waals surface area contributed by atoms with Crippen molar-refractivity contribution in [2.45, 2.75) is 0 Å². The number of hydrogen-bond donors (Lipinski definition) is 2. The number of H-pyrrole nitrogens is 1. The summed E-state index contributed by atoms with van der Waals surface area (Å²) >= 11 is 2.25. The third kappa shape index (κ3) is 2.84. The highest BCUT2D eigenvalue weighted by Gasteiger charge is 2.13. The first kappa shape index (κ1) is 13.9. The van der Waals surface area contributed by atoms with Gasteiger partial charge in [0.05, 0.1) is 18.6 Å². The number of hydrogen-bond acceptors (Lipinski definition) is 5. The average Bonchev–Trinajstić information content (AvgIpc) is 2.86. The van der Waals surface area contributed by atoms with Crippen LogP contribution in [0.5, 0.6) is 5.75 Å². The molecule has 1 fully saturated rings. The normalized spacial score (nSPS) is 16.6. The second-order valence-electron chi connectivity index (χ2n) is 4.71. The molecule has 6 nitrogen and oxygen atoms in total. The van der Waals surface area contributed by atoms with E-state index in [4.69, 9.17) is 15.2 Å². The number of fused-ring (bicyclic) bond motifs is 1. The number of aromatic amines is 1. The van der Waals surface area contributed by atoms with Crippen LogP contribution in [0.4, 0.5) is 5.82 Å². The van der Waals surface area contributed by atoms with Gasteiger partial charge in [0.15, 0.2) is 5.82 Å². The number of benzene rings is 1. The molecular formula is C13H17IN4O2. The maximum absolute atomic E-state index is 5.88. The largest absolute Gasteiger partial charge is 0.490 e. The molecule has 1 aliphatic rings. The van der Waals surface area contributed by atoms with Crippen LogP contribution < -0.4 is 10.5 Å². The summed E-state index contributed by atoms with van der Waals surface area (Å²) in [5.41, 5.74) is 6.74. The van der Waals surface area contributed by atoms with Crippen LogP contribution in [-0.2, 0) is 4.74 Å². The number of nitrogens with two attached hydrogens (primary N) is 1. The standard InChI is InChI=1S/C13H17IN4O2/c14-9-1-2-10(12-11(9)13(15)17-16-12)20-8-5-18-3-6-19-7-4-18/h1-2H,3-8H2,(H3,15,16,17). The average molecular weight is 388 g/mol. The number of rotatable bonds is 4. The van der Waals surface area contributed by atoms with Gasteiger partial charge >= 0.3 is 0 Å². The van der Waals surface area contributed by atoms with Crippen LogP contribution in [0.3, 0.4) is 0 Å². The molecule has 108 valence electrons. The predicted octanol–water partition coefficient (Wildman–Crippen LogP) is 1.46. The van der Waals surface area contributed by atoms with Gasteiger partial charge in [0.1, 0.15) is 17.9 Å². The van der Waals surface area contributed by atoms with Gasteiger partial charge in [-0.05, 0) is 34.7 Å². The van der Waals surface area contributed by atoms with Gasteiger partial charge in [0.25, 0.3) is 0 Å². The van der Waals surface area contributed by atoms with E-state index >= 15 is 0 Å². The van der Waals surface area contributed by atoms with Crippen molar-refractivity contribution in [2.24, 2.45) is 0 Å². The molecule has 0 atom stereocenters. The minimum absolute atomic E-state index is 0.517. The number of nitrogens with zero attached hydrogens (tertiary/aromatic N) is 2. The number of morpholine rings is 1. The van der Waals surface area contributed by atoms with E-state index in [-0.39, 0.29) is 0 Å². The molecule has 2 aromatic rings. The Morgan fingerprint density at radius 3 is 3.00 bits per heavy atom. The van der Waals surface area contributed by atoms with E-state index in [1.807, 2.05) is 12.1 Å². The van der Waals surface area contributed by atoms with Crippen molar-refractivity contribution in [3.05, 3.63) is 15.7 Å². The maximum atomic E-state index is 5.88. The fourth-order valence-corrected chi connectivity index (χ4v) is 3.05. The Balaban J connectivity index is 1.67. The highest BCUT2D eigenvalue weighted by Crippen LogP contribution is 2.31. The van der Waals surface area contributed by atoms with E-state index in [1.54, 1.807) is 0 Å². The van der Waals surface area contributed by atoms with Gasteiger partial charge in [-0.1, -0.05) is 0 Å². The Bertz CT molecular complexity index is 595. The summed E-state index contributed by atoms with van der Waals surface area (Å²) in [4.78, 5) is 2.34. The van der Waals surface area contributed by atoms with Crippen molar-refractivity contribution < 1.29 is 9.47 Å². The molecular weight excluding hydrogens is 371 g/mol. The number of aromatic nitrogens is 2. The molecule has 0 bridgehead atoms. The fraction of sp³-hybridized carbons (Fsp3) is 0.462. The molecule has 2 heterocycles. The van der Waals surface area contributed by atoms with Crippen LogP contribution >= 0.6 is 22.6 Å². The second kappa shape index (κ2) is 6.15. The fourth-order valence-electron chi connectivity index (χ4n) is 2.32. The molecule has 0 amide bonds. The summed E-state index contributed by atoms with van der Waals surface area (Å²) < 4.78 is 12.3. The molecule has 1 aromatic heterocycles. The van der Waals surface area contributed by atoms with Crippen molar-refractivity contribution >= 4 is 39.3 Å². The minimum Gasteiger partial charge on any atom is -0.490 e. The smallest absolute Gasteiger partial charge is 0.154 e. The minimum atomic E-state index is 0.517. The predicted molar refractivity (Wildman–Crippen MR) is 86.0 cm³/mol. The Labute approximate surface area is 130 Å². The quantitative estimate of drug-likeness (QED) is 0.776. The summed E-state index contributed by atoms with van der Waals surface area (Å²) in [5.74, 6) is 1.32. The molecule has 1 aromatic carbocycles. The van der Waals surface area contributed by atoms with E-state index in [2.05, 4.69) is 37.7 Å². The van der Waals surface area contributed by atoms with E-state index in [0.29, 0.717) is 12.4 Å². The molecule has 0 radical (unpaired) electrons. The molecule has 0 unspecified atom stereocenters. The lowest BCUT2D eigenvalue weighted by atomic mass is 10.2. The van der Waals surface area contributed by atoms with E-state index in [9.17, 15) is 0 Å². The highest BCUT2D eigenvalue weighted by molar-refractivity contribution is 14.1. The van der Waals surface area contributed by atoms with Crippen molar-refractivity contribution in [2.75, 3.05) is 45.2 Å². The Morgan fingerprint density at radius 2 is 2.20 bits per heavy atom. The lowest BCUT2D eigenvalue weighted by Crippen LogP contribution is -2.38. The Hall–Kier alpha value is -1.06. The Morgan fingerprint density at radius 1 is 1.40 bits per heavy atom. The zero-order valence-corrected chi connectivity index (χ0v) is 13.2. The number of anilines is 1. The first-order valence-corrected chi connectivity index (χ1v) is 7.68. The van der Waals surface area contributed by atoms with Gasteiger partial charge in [-0.2, -0.15) is 5.10 Å². The van der Waals surface area contributed by atoms with E-state index in [1.165, 1.54) is 0 Å². The zero-order chi connectivity index (χ0) is 13.9. The lowest BCUT2D eigenvalue weighted by molar-refractivity contribution is 0.0323. The maximum Gasteiger partial charge on any atom is 0.154 e. The van der Waals surface area contributed by atoms with Gasteiger partial charge in [-0.3, -0.25) is 10.00 Å². The summed E-state index contributed by atoms with van der Waals surface area (Å²) in [6, 6.07) is 3.96. The van der Waals surface area contributed by atoms with Crippen LogP contribution in [0, 0.1) is 3.57 Å². The van der Waals surface area contributed by atoms with E-state index < -0.39 is 0 Å². The van der Waals surface area contributed by atoms with Gasteiger partial charge in [-0.15, -0.1) is 0 Å². The van der Waals surface area contributed by atoms with Crippen LogP contribution in [0.1, 0.15) is 0 Å². The molecule has 0 spiro atoms. The van der Waals surface area contributed by atoms with Crippen molar-refractivity contribution in [1.82, 2.24) is 15.1 Å². The summed E-state index contributed by atoms with van der Waals surface area (Å²) in [7, 11) is 0. The molecule has 20 heavy (non-hydrogen) atoms. The van der Waals surface area contributed by atoms with Gasteiger partial charge in [-0.25, -0.2) is 0 Å². The summed E-state index contributed by atoms with van der Waals surface area (Å²) in [6.45, 7) is 5.12. The van der Waals surface area contributed by atoms with Crippen LogP contribution in [0.15, 0.2) is 12.1 Å². The van der Waals surface area contributed by atoms with Crippen molar-refractivity contribution in [3.8, 4) is 5.75 Å². The number of halogens is 1. The molecule has 1 saturated heterocycles. The molecule has 1 aliphatic heterocycles. The highest BCUT2D eigenvalue weighted by atomic mass is 127. The van der Waals surface area contributed by atoms with Crippen LogP contribution in [0.25, 0.3) is 10.9 Å². The van der Waals surface area contributed by atoms with Crippen LogP contribution in [0.2, 0.25) is 0 Å². The SMILES string of the molecule is Nc1n[nH]c2c(OCCN3CCOCC3)ccc(I)c12. The van der Waals surface area contributed by atoms with Crippen molar-refractivity contribution in [3.63, 3.8) is 0 Å². The van der Waals surface area contributed by atoms with Gasteiger partial charge in [0.2, 0.25) is 0 Å². The summed E-state index contributed by atoms with van der Waals surface area (Å²) in [5, 5.41) is 7.94. The van der Waals surface area contributed by atoms with E-state index in [0.717, 1.165) is 53.1 Å². The number of nitrogens with one attached hydrogen (secondary N) is 1. The van der Waals surface area contributed by atoms with Crippen molar-refractivity contribution in [1.29, 1.82) is 0 Å². The first-order valence-electron chi connectivity index (χ1n) is 6.60. The zero-order valence-electron chi connectivity index (χ0n) is 11.1. The molecule has 0 aliphatic carbocycles.